The summed E-state index contributed by atoms with van der Waals surface area (Å²) in [6, 6.07) is 11.6. The standard InChI is InChI=1S/C19H19BrN2O4/c1-11(2)17(22-18(23)13-5-3-4-6-14(13)20)19(24)21-12-7-8-15-16(9-12)26-10-25-15/h3-9,11,17H,10H2,1-2H3,(H,21,24)(H,22,23). The van der Waals surface area contributed by atoms with Gasteiger partial charge in [-0.25, -0.2) is 0 Å². The molecule has 0 aromatic heterocycles. The topological polar surface area (TPSA) is 76.7 Å². The van der Waals surface area contributed by atoms with Gasteiger partial charge in [0.25, 0.3) is 5.91 Å². The molecule has 6 nitrogen and oxygen atoms in total. The van der Waals surface area contributed by atoms with Crippen molar-refractivity contribution in [1.29, 1.82) is 0 Å². The average Bonchev–Trinajstić information content (AvgIpc) is 3.07. The van der Waals surface area contributed by atoms with Gasteiger partial charge < -0.3 is 20.1 Å². The number of carbonyl (C=O) groups is 2. The lowest BCUT2D eigenvalue weighted by Crippen LogP contribution is -2.47. The number of halogens is 1. The van der Waals surface area contributed by atoms with Crippen LogP contribution in [0.1, 0.15) is 24.2 Å². The first-order valence-electron chi connectivity index (χ1n) is 8.21. The van der Waals surface area contributed by atoms with Crippen LogP contribution in [0.3, 0.4) is 0 Å². The molecule has 0 spiro atoms. The van der Waals surface area contributed by atoms with Crippen LogP contribution in [0.25, 0.3) is 0 Å². The number of rotatable bonds is 5. The third-order valence-electron chi connectivity index (χ3n) is 3.99. The van der Waals surface area contributed by atoms with Crippen molar-refractivity contribution in [3.63, 3.8) is 0 Å². The molecule has 26 heavy (non-hydrogen) atoms. The maximum absolute atomic E-state index is 12.7. The Kier molecular flexibility index (Phi) is 5.46. The van der Waals surface area contributed by atoms with E-state index < -0.39 is 6.04 Å². The molecule has 3 rings (SSSR count). The predicted molar refractivity (Wildman–Crippen MR) is 101 cm³/mol. The summed E-state index contributed by atoms with van der Waals surface area (Å²) in [5.74, 6) is 0.540. The Morgan fingerprint density at radius 3 is 2.54 bits per heavy atom. The van der Waals surface area contributed by atoms with E-state index >= 15 is 0 Å². The lowest BCUT2D eigenvalue weighted by atomic mass is 10.0. The van der Waals surface area contributed by atoms with Crippen molar-refractivity contribution in [3.8, 4) is 11.5 Å². The summed E-state index contributed by atoms with van der Waals surface area (Å²) >= 11 is 3.36. The number of fused-ring (bicyclic) bond motifs is 1. The summed E-state index contributed by atoms with van der Waals surface area (Å²) < 4.78 is 11.3. The van der Waals surface area contributed by atoms with E-state index in [0.29, 0.717) is 27.2 Å². The SMILES string of the molecule is CC(C)C(NC(=O)c1ccccc1Br)C(=O)Nc1ccc2c(c1)OCO2. The highest BCUT2D eigenvalue weighted by Crippen LogP contribution is 2.34. The quantitative estimate of drug-likeness (QED) is 0.777. The Balaban J connectivity index is 1.72. The minimum Gasteiger partial charge on any atom is -0.454 e. The number of ether oxygens (including phenoxy) is 2. The fourth-order valence-corrected chi connectivity index (χ4v) is 3.06. The normalized spacial score (nSPS) is 13.4. The van der Waals surface area contributed by atoms with Crippen molar-refractivity contribution in [2.75, 3.05) is 12.1 Å². The Morgan fingerprint density at radius 2 is 1.81 bits per heavy atom. The van der Waals surface area contributed by atoms with Gasteiger partial charge in [-0.1, -0.05) is 26.0 Å². The van der Waals surface area contributed by atoms with E-state index in [0.717, 1.165) is 0 Å². The van der Waals surface area contributed by atoms with Crippen LogP contribution < -0.4 is 20.1 Å². The zero-order valence-corrected chi connectivity index (χ0v) is 16.0. The number of nitrogens with one attached hydrogen (secondary N) is 2. The highest BCUT2D eigenvalue weighted by atomic mass is 79.9. The van der Waals surface area contributed by atoms with Gasteiger partial charge in [-0.2, -0.15) is 0 Å². The van der Waals surface area contributed by atoms with Crippen molar-refractivity contribution in [1.82, 2.24) is 5.32 Å². The van der Waals surface area contributed by atoms with Gasteiger partial charge in [0.05, 0.1) is 5.56 Å². The summed E-state index contributed by atoms with van der Waals surface area (Å²) in [4.78, 5) is 25.2. The Hall–Kier alpha value is -2.54. The van der Waals surface area contributed by atoms with E-state index in [-0.39, 0.29) is 24.5 Å². The molecule has 0 saturated heterocycles. The summed E-state index contributed by atoms with van der Waals surface area (Å²) in [7, 11) is 0. The molecule has 1 aliphatic heterocycles. The molecule has 2 amide bonds. The monoisotopic (exact) mass is 418 g/mol. The molecule has 1 atom stereocenters. The molecule has 1 unspecified atom stereocenters. The first kappa shape index (κ1) is 18.3. The van der Waals surface area contributed by atoms with Crippen LogP contribution in [0.5, 0.6) is 11.5 Å². The van der Waals surface area contributed by atoms with E-state index in [1.807, 2.05) is 19.9 Å². The largest absolute Gasteiger partial charge is 0.454 e. The molecule has 0 aliphatic carbocycles. The lowest BCUT2D eigenvalue weighted by Gasteiger charge is -2.22. The minimum absolute atomic E-state index is 0.0875. The fraction of sp³-hybridized carbons (Fsp3) is 0.263. The number of hydrogen-bond donors (Lipinski definition) is 2. The van der Waals surface area contributed by atoms with Crippen LogP contribution >= 0.6 is 15.9 Å². The van der Waals surface area contributed by atoms with Crippen LogP contribution in [-0.2, 0) is 4.79 Å². The molecule has 0 radical (unpaired) electrons. The molecule has 1 aliphatic rings. The maximum Gasteiger partial charge on any atom is 0.253 e. The molecule has 7 heteroatoms. The van der Waals surface area contributed by atoms with E-state index in [1.165, 1.54) is 0 Å². The van der Waals surface area contributed by atoms with Crippen LogP contribution in [0.4, 0.5) is 5.69 Å². The third-order valence-corrected chi connectivity index (χ3v) is 4.69. The molecule has 0 saturated carbocycles. The van der Waals surface area contributed by atoms with E-state index in [1.54, 1.807) is 36.4 Å². The van der Waals surface area contributed by atoms with Crippen LogP contribution in [0, 0.1) is 5.92 Å². The van der Waals surface area contributed by atoms with E-state index in [9.17, 15) is 9.59 Å². The van der Waals surface area contributed by atoms with Crippen molar-refractivity contribution >= 4 is 33.4 Å². The second kappa shape index (κ2) is 7.78. The van der Waals surface area contributed by atoms with Crippen LogP contribution in [-0.4, -0.2) is 24.6 Å². The second-order valence-electron chi connectivity index (χ2n) is 6.23. The summed E-state index contributed by atoms with van der Waals surface area (Å²) in [5, 5.41) is 5.63. The molecule has 2 N–H and O–H groups in total. The van der Waals surface area contributed by atoms with Gasteiger partial charge in [-0.15, -0.1) is 0 Å². The van der Waals surface area contributed by atoms with Gasteiger partial charge in [-0.3, -0.25) is 9.59 Å². The summed E-state index contributed by atoms with van der Waals surface area (Å²) in [6.07, 6.45) is 0. The van der Waals surface area contributed by atoms with Crippen LogP contribution in [0.15, 0.2) is 46.9 Å². The molecule has 0 bridgehead atoms. The lowest BCUT2D eigenvalue weighted by molar-refractivity contribution is -0.118. The summed E-state index contributed by atoms with van der Waals surface area (Å²) in [5.41, 5.74) is 1.06. The zero-order chi connectivity index (χ0) is 18.7. The minimum atomic E-state index is -0.681. The van der Waals surface area contributed by atoms with Crippen molar-refractivity contribution < 1.29 is 19.1 Å². The predicted octanol–water partition coefficient (Wildman–Crippen LogP) is 3.57. The molecular formula is C19H19BrN2O4. The first-order valence-corrected chi connectivity index (χ1v) is 9.01. The number of amides is 2. The Labute approximate surface area is 160 Å². The van der Waals surface area contributed by atoms with Crippen LogP contribution in [0.2, 0.25) is 0 Å². The van der Waals surface area contributed by atoms with Crippen molar-refractivity contribution in [2.24, 2.45) is 5.92 Å². The third kappa shape index (κ3) is 3.99. The van der Waals surface area contributed by atoms with Gasteiger partial charge in [0.15, 0.2) is 11.5 Å². The highest BCUT2D eigenvalue weighted by Gasteiger charge is 2.26. The maximum atomic E-state index is 12.7. The highest BCUT2D eigenvalue weighted by molar-refractivity contribution is 9.10. The Morgan fingerprint density at radius 1 is 1.08 bits per heavy atom. The summed E-state index contributed by atoms with van der Waals surface area (Å²) in [6.45, 7) is 3.93. The molecule has 136 valence electrons. The van der Waals surface area contributed by atoms with Gasteiger partial charge in [-0.05, 0) is 46.1 Å². The Bertz CT molecular complexity index is 838. The van der Waals surface area contributed by atoms with Gasteiger partial charge in [0.2, 0.25) is 12.7 Å². The molecular weight excluding hydrogens is 400 g/mol. The van der Waals surface area contributed by atoms with Crippen molar-refractivity contribution in [2.45, 2.75) is 19.9 Å². The second-order valence-corrected chi connectivity index (χ2v) is 7.09. The zero-order valence-electron chi connectivity index (χ0n) is 14.4. The van der Waals surface area contributed by atoms with E-state index in [4.69, 9.17) is 9.47 Å². The smallest absolute Gasteiger partial charge is 0.253 e. The number of carbonyl (C=O) groups excluding carboxylic acids is 2. The fourth-order valence-electron chi connectivity index (χ4n) is 2.59. The number of benzene rings is 2. The molecule has 2 aromatic rings. The van der Waals surface area contributed by atoms with E-state index in [2.05, 4.69) is 26.6 Å². The molecule has 1 heterocycles. The molecule has 2 aromatic carbocycles. The number of hydrogen-bond acceptors (Lipinski definition) is 4. The molecule has 0 fully saturated rings. The van der Waals surface area contributed by atoms with Gasteiger partial charge in [0.1, 0.15) is 6.04 Å². The van der Waals surface area contributed by atoms with Gasteiger partial charge >= 0.3 is 0 Å². The first-order chi connectivity index (χ1) is 12.5. The van der Waals surface area contributed by atoms with Gasteiger partial charge in [0, 0.05) is 16.2 Å². The number of anilines is 1. The van der Waals surface area contributed by atoms with Crippen molar-refractivity contribution in [3.05, 3.63) is 52.5 Å². The average molecular weight is 419 g/mol.